The molecule has 1 aromatic carbocycles. The van der Waals surface area contributed by atoms with Crippen molar-refractivity contribution < 1.29 is 19.9 Å². The number of amides is 1. The molecule has 7 heteroatoms. The van der Waals surface area contributed by atoms with Crippen LogP contribution in [-0.4, -0.2) is 34.8 Å². The lowest BCUT2D eigenvalue weighted by Crippen LogP contribution is -2.37. The van der Waals surface area contributed by atoms with E-state index in [0.717, 1.165) is 5.56 Å². The van der Waals surface area contributed by atoms with Crippen molar-refractivity contribution in [2.24, 2.45) is 0 Å². The van der Waals surface area contributed by atoms with Gasteiger partial charge in [-0.05, 0) is 11.0 Å². The summed E-state index contributed by atoms with van der Waals surface area (Å²) >= 11 is 0. The van der Waals surface area contributed by atoms with Gasteiger partial charge in [0.15, 0.2) is 0 Å². The van der Waals surface area contributed by atoms with Gasteiger partial charge in [0, 0.05) is 6.54 Å². The molecule has 5 N–H and O–H groups in total. The molecule has 17 heavy (non-hydrogen) atoms. The molecule has 0 radical (unpaired) electrons. The van der Waals surface area contributed by atoms with Gasteiger partial charge in [-0.2, -0.15) is 0 Å². The molecule has 0 aliphatic heterocycles. The highest BCUT2D eigenvalue weighted by atomic mass is 16.4. The Morgan fingerprint density at radius 3 is 2.41 bits per heavy atom. The third-order valence-corrected chi connectivity index (χ3v) is 2.14. The van der Waals surface area contributed by atoms with Gasteiger partial charge in [-0.15, -0.1) is 0 Å². The molecule has 0 aliphatic carbocycles. The fourth-order valence-electron chi connectivity index (χ4n) is 1.22. The number of hydrogen-bond donors (Lipinski definition) is 5. The lowest BCUT2D eigenvalue weighted by molar-refractivity contribution is -0.122. The molecule has 0 heterocycles. The first-order chi connectivity index (χ1) is 8.13. The number of benzene rings is 1. The molecule has 0 unspecified atom stereocenters. The summed E-state index contributed by atoms with van der Waals surface area (Å²) in [5.74, 6) is -0.282. The van der Waals surface area contributed by atoms with E-state index in [1.165, 1.54) is 0 Å². The second-order valence-corrected chi connectivity index (χ2v) is 3.49. The minimum atomic E-state index is -1.47. The van der Waals surface area contributed by atoms with E-state index in [1.807, 2.05) is 0 Å². The first-order valence-corrected chi connectivity index (χ1v) is 5.21. The SMILES string of the molecule is O=C(CCO)NNCc1ccc(B(O)O)cc1. The van der Waals surface area contributed by atoms with Crippen molar-refractivity contribution >= 4 is 18.5 Å². The zero-order valence-electron chi connectivity index (χ0n) is 9.26. The molecule has 1 rings (SSSR count). The van der Waals surface area contributed by atoms with Crippen LogP contribution >= 0.6 is 0 Å². The van der Waals surface area contributed by atoms with Gasteiger partial charge in [0.1, 0.15) is 0 Å². The van der Waals surface area contributed by atoms with Crippen molar-refractivity contribution in [3.8, 4) is 0 Å². The predicted octanol–water partition coefficient (Wildman–Crippen LogP) is -2.13. The van der Waals surface area contributed by atoms with E-state index in [1.54, 1.807) is 24.3 Å². The van der Waals surface area contributed by atoms with Gasteiger partial charge in [-0.3, -0.25) is 10.2 Å². The molecule has 0 aliphatic rings. The summed E-state index contributed by atoms with van der Waals surface area (Å²) in [6.45, 7) is 0.232. The zero-order valence-corrected chi connectivity index (χ0v) is 9.26. The molecular weight excluding hydrogens is 223 g/mol. The lowest BCUT2D eigenvalue weighted by atomic mass is 9.80. The van der Waals surface area contributed by atoms with Crippen LogP contribution in [0.25, 0.3) is 0 Å². The van der Waals surface area contributed by atoms with E-state index in [-0.39, 0.29) is 18.9 Å². The first-order valence-electron chi connectivity index (χ1n) is 5.21. The highest BCUT2D eigenvalue weighted by Crippen LogP contribution is 1.96. The largest absolute Gasteiger partial charge is 0.488 e. The predicted molar refractivity (Wildman–Crippen MR) is 63.0 cm³/mol. The maximum Gasteiger partial charge on any atom is 0.488 e. The van der Waals surface area contributed by atoms with Crippen molar-refractivity contribution in [3.63, 3.8) is 0 Å². The summed E-state index contributed by atoms with van der Waals surface area (Å²) < 4.78 is 0. The number of hydrazine groups is 1. The number of rotatable bonds is 6. The maximum atomic E-state index is 11.0. The van der Waals surface area contributed by atoms with Crippen LogP contribution in [-0.2, 0) is 11.3 Å². The first kappa shape index (κ1) is 13.7. The van der Waals surface area contributed by atoms with Crippen molar-refractivity contribution in [1.29, 1.82) is 0 Å². The summed E-state index contributed by atoms with van der Waals surface area (Å²) in [6, 6.07) is 6.63. The van der Waals surface area contributed by atoms with Crippen LogP contribution in [0.3, 0.4) is 0 Å². The molecule has 0 bridgehead atoms. The Kier molecular flexibility index (Phi) is 5.64. The number of aliphatic hydroxyl groups is 1. The van der Waals surface area contributed by atoms with Gasteiger partial charge in [-0.1, -0.05) is 24.3 Å². The molecule has 0 spiro atoms. The van der Waals surface area contributed by atoms with Crippen molar-refractivity contribution in [3.05, 3.63) is 29.8 Å². The molecular formula is C10H15BN2O4. The van der Waals surface area contributed by atoms with Crippen LogP contribution in [0.5, 0.6) is 0 Å². The van der Waals surface area contributed by atoms with E-state index in [2.05, 4.69) is 10.9 Å². The summed E-state index contributed by atoms with van der Waals surface area (Å²) in [4.78, 5) is 11.0. The topological polar surface area (TPSA) is 102 Å². The average molecular weight is 238 g/mol. The van der Waals surface area contributed by atoms with Crippen LogP contribution in [0.2, 0.25) is 0 Å². The van der Waals surface area contributed by atoms with Gasteiger partial charge in [0.05, 0.1) is 13.0 Å². The van der Waals surface area contributed by atoms with E-state index < -0.39 is 7.12 Å². The van der Waals surface area contributed by atoms with Gasteiger partial charge in [0.2, 0.25) is 5.91 Å². The summed E-state index contributed by atoms with van der Waals surface area (Å²) in [6.07, 6.45) is 0.0582. The quantitative estimate of drug-likeness (QED) is 0.288. The van der Waals surface area contributed by atoms with Crippen LogP contribution < -0.4 is 16.3 Å². The van der Waals surface area contributed by atoms with E-state index in [0.29, 0.717) is 12.0 Å². The molecule has 6 nitrogen and oxygen atoms in total. The van der Waals surface area contributed by atoms with E-state index in [9.17, 15) is 4.79 Å². The lowest BCUT2D eigenvalue weighted by Gasteiger charge is -2.07. The monoisotopic (exact) mass is 238 g/mol. The third-order valence-electron chi connectivity index (χ3n) is 2.14. The number of hydrogen-bond acceptors (Lipinski definition) is 5. The Morgan fingerprint density at radius 2 is 1.88 bits per heavy atom. The van der Waals surface area contributed by atoms with Gasteiger partial charge in [-0.25, -0.2) is 5.43 Å². The number of aliphatic hydroxyl groups excluding tert-OH is 1. The van der Waals surface area contributed by atoms with Crippen LogP contribution in [0.15, 0.2) is 24.3 Å². The van der Waals surface area contributed by atoms with Gasteiger partial charge in [0.25, 0.3) is 0 Å². The minimum absolute atomic E-state index is 0.0582. The second-order valence-electron chi connectivity index (χ2n) is 3.49. The third kappa shape index (κ3) is 4.96. The van der Waals surface area contributed by atoms with E-state index >= 15 is 0 Å². The molecule has 0 fully saturated rings. The van der Waals surface area contributed by atoms with Crippen molar-refractivity contribution in [1.82, 2.24) is 10.9 Å². The number of nitrogens with one attached hydrogen (secondary N) is 2. The fourth-order valence-corrected chi connectivity index (χ4v) is 1.22. The highest BCUT2D eigenvalue weighted by molar-refractivity contribution is 6.58. The van der Waals surface area contributed by atoms with E-state index in [4.69, 9.17) is 15.2 Å². The van der Waals surface area contributed by atoms with Crippen molar-refractivity contribution in [2.75, 3.05) is 6.61 Å². The second kappa shape index (κ2) is 7.03. The molecule has 92 valence electrons. The molecule has 1 amide bonds. The maximum absolute atomic E-state index is 11.0. The number of carbonyl (C=O) groups excluding carboxylic acids is 1. The fraction of sp³-hybridized carbons (Fsp3) is 0.300. The Labute approximate surface area is 99.4 Å². The average Bonchev–Trinajstić information content (AvgIpc) is 2.30. The standard InChI is InChI=1S/C10H15BN2O4/c14-6-5-10(15)13-12-7-8-1-3-9(4-2-8)11(16)17/h1-4,12,14,16-17H,5-7H2,(H,13,15). The molecule has 0 saturated carbocycles. The molecule has 0 aromatic heterocycles. The van der Waals surface area contributed by atoms with Gasteiger partial charge < -0.3 is 15.2 Å². The smallest absolute Gasteiger partial charge is 0.423 e. The summed E-state index contributed by atoms with van der Waals surface area (Å²) in [5, 5.41) is 26.3. The highest BCUT2D eigenvalue weighted by Gasteiger charge is 2.09. The zero-order chi connectivity index (χ0) is 12.7. The summed E-state index contributed by atoms with van der Waals surface area (Å²) in [5.41, 5.74) is 6.42. The Hall–Kier alpha value is -1.41. The Morgan fingerprint density at radius 1 is 1.24 bits per heavy atom. The van der Waals surface area contributed by atoms with Crippen molar-refractivity contribution in [2.45, 2.75) is 13.0 Å². The van der Waals surface area contributed by atoms with Gasteiger partial charge >= 0.3 is 7.12 Å². The van der Waals surface area contributed by atoms with Crippen LogP contribution in [0.1, 0.15) is 12.0 Å². The Balaban J connectivity index is 2.35. The molecule has 0 saturated heterocycles. The van der Waals surface area contributed by atoms with Crippen LogP contribution in [0, 0.1) is 0 Å². The normalized spacial score (nSPS) is 10.1. The Bertz CT molecular complexity index is 356. The van der Waals surface area contributed by atoms with Crippen LogP contribution in [0.4, 0.5) is 0 Å². The molecule has 0 atom stereocenters. The summed E-state index contributed by atoms with van der Waals surface area (Å²) in [7, 11) is -1.47. The minimum Gasteiger partial charge on any atom is -0.423 e. The number of carbonyl (C=O) groups is 1. The molecule has 1 aromatic rings.